The van der Waals surface area contributed by atoms with Crippen LogP contribution in [0.4, 0.5) is 0 Å². The van der Waals surface area contributed by atoms with Crippen LogP contribution < -0.4 is 5.46 Å². The van der Waals surface area contributed by atoms with Crippen LogP contribution in [-0.4, -0.2) is 35.2 Å². The molecule has 5 nitrogen and oxygen atoms in total. The smallest absolute Gasteiger partial charge is 0.464 e. The molecule has 0 aliphatic carbocycles. The zero-order chi connectivity index (χ0) is 11.7. The summed E-state index contributed by atoms with van der Waals surface area (Å²) in [6.07, 6.45) is 0. The summed E-state index contributed by atoms with van der Waals surface area (Å²) in [5.41, 5.74) is 1.45. The Balaban J connectivity index is 2.50. The van der Waals surface area contributed by atoms with Crippen LogP contribution in [-0.2, 0) is 4.74 Å². The van der Waals surface area contributed by atoms with Gasteiger partial charge in [-0.3, -0.25) is 0 Å². The van der Waals surface area contributed by atoms with E-state index in [2.05, 4.69) is 9.72 Å². The minimum Gasteiger partial charge on any atom is -0.464 e. The van der Waals surface area contributed by atoms with E-state index in [1.54, 1.807) is 24.3 Å². The van der Waals surface area contributed by atoms with Gasteiger partial charge >= 0.3 is 13.1 Å². The first-order valence-electron chi connectivity index (χ1n) is 4.69. The number of nitrogens with one attached hydrogen (secondary N) is 1. The van der Waals surface area contributed by atoms with E-state index >= 15 is 0 Å². The average Bonchev–Trinajstić information content (AvgIpc) is 2.70. The van der Waals surface area contributed by atoms with E-state index in [0.717, 1.165) is 10.9 Å². The van der Waals surface area contributed by atoms with Gasteiger partial charge in [0.1, 0.15) is 5.69 Å². The van der Waals surface area contributed by atoms with E-state index in [0.29, 0.717) is 11.2 Å². The Morgan fingerprint density at radius 1 is 1.38 bits per heavy atom. The Morgan fingerprint density at radius 3 is 2.75 bits per heavy atom. The third-order valence-electron chi connectivity index (χ3n) is 2.35. The molecule has 1 aromatic heterocycles. The van der Waals surface area contributed by atoms with E-state index in [1.165, 1.54) is 7.11 Å². The van der Waals surface area contributed by atoms with E-state index < -0.39 is 13.1 Å². The molecule has 16 heavy (non-hydrogen) atoms. The van der Waals surface area contributed by atoms with Gasteiger partial charge in [0.25, 0.3) is 0 Å². The van der Waals surface area contributed by atoms with Crippen LogP contribution in [0.5, 0.6) is 0 Å². The maximum absolute atomic E-state index is 11.2. The van der Waals surface area contributed by atoms with E-state index in [9.17, 15) is 4.79 Å². The standard InChI is InChI=1S/C10H10BNO4/c1-16-10(13)9-5-6-4-7(11(14)15)2-3-8(6)12-9/h2-5,12,14-15H,1H3. The third-order valence-corrected chi connectivity index (χ3v) is 2.35. The first kappa shape index (κ1) is 10.7. The zero-order valence-electron chi connectivity index (χ0n) is 8.60. The van der Waals surface area contributed by atoms with Gasteiger partial charge in [0.05, 0.1) is 7.11 Å². The molecular weight excluding hydrogens is 209 g/mol. The van der Waals surface area contributed by atoms with Crippen LogP contribution in [0, 0.1) is 0 Å². The fraction of sp³-hybridized carbons (Fsp3) is 0.100. The highest BCUT2D eigenvalue weighted by Gasteiger charge is 2.13. The maximum Gasteiger partial charge on any atom is 0.488 e. The van der Waals surface area contributed by atoms with Gasteiger partial charge < -0.3 is 19.8 Å². The lowest BCUT2D eigenvalue weighted by atomic mass is 9.80. The van der Waals surface area contributed by atoms with E-state index in [4.69, 9.17) is 10.0 Å². The second-order valence-electron chi connectivity index (χ2n) is 3.39. The van der Waals surface area contributed by atoms with Crippen LogP contribution in [0.25, 0.3) is 10.9 Å². The third kappa shape index (κ3) is 1.80. The van der Waals surface area contributed by atoms with Crippen LogP contribution in [0.3, 0.4) is 0 Å². The molecule has 0 bridgehead atoms. The summed E-state index contributed by atoms with van der Waals surface area (Å²) >= 11 is 0. The number of methoxy groups -OCH3 is 1. The molecule has 0 amide bonds. The summed E-state index contributed by atoms with van der Waals surface area (Å²) in [6.45, 7) is 0. The van der Waals surface area contributed by atoms with E-state index in [1.807, 2.05) is 0 Å². The molecule has 2 aromatic rings. The molecule has 0 saturated carbocycles. The summed E-state index contributed by atoms with van der Waals surface area (Å²) < 4.78 is 4.57. The van der Waals surface area contributed by atoms with Crippen molar-refractivity contribution in [1.82, 2.24) is 4.98 Å². The topological polar surface area (TPSA) is 82.6 Å². The molecule has 82 valence electrons. The molecule has 0 radical (unpaired) electrons. The number of carbonyl (C=O) groups is 1. The number of carbonyl (C=O) groups excluding carboxylic acids is 1. The summed E-state index contributed by atoms with van der Waals surface area (Å²) in [7, 11) is -0.211. The minimum absolute atomic E-state index is 0.335. The molecule has 0 aliphatic heterocycles. The van der Waals surface area contributed by atoms with Crippen LogP contribution in [0.1, 0.15) is 10.5 Å². The maximum atomic E-state index is 11.2. The highest BCUT2D eigenvalue weighted by molar-refractivity contribution is 6.58. The largest absolute Gasteiger partial charge is 0.488 e. The van der Waals surface area contributed by atoms with Crippen LogP contribution in [0.15, 0.2) is 24.3 Å². The van der Waals surface area contributed by atoms with Gasteiger partial charge in [-0.1, -0.05) is 12.1 Å². The lowest BCUT2D eigenvalue weighted by molar-refractivity contribution is 0.0595. The Bertz CT molecular complexity index is 535. The second kappa shape index (κ2) is 4.00. The number of benzene rings is 1. The van der Waals surface area contributed by atoms with Gasteiger partial charge in [-0.25, -0.2) is 4.79 Å². The highest BCUT2D eigenvalue weighted by atomic mass is 16.5. The summed E-state index contributed by atoms with van der Waals surface area (Å²) in [6, 6.07) is 6.46. The van der Waals surface area contributed by atoms with Crippen molar-refractivity contribution in [3.8, 4) is 0 Å². The SMILES string of the molecule is COC(=O)c1cc2cc(B(O)O)ccc2[nH]1. The Hall–Kier alpha value is -1.79. The lowest BCUT2D eigenvalue weighted by Crippen LogP contribution is -2.29. The fourth-order valence-electron chi connectivity index (χ4n) is 1.53. The molecule has 0 saturated heterocycles. The highest BCUT2D eigenvalue weighted by Crippen LogP contribution is 2.14. The normalized spacial score (nSPS) is 10.4. The van der Waals surface area contributed by atoms with Crippen LogP contribution >= 0.6 is 0 Å². The zero-order valence-corrected chi connectivity index (χ0v) is 8.60. The van der Waals surface area contributed by atoms with Gasteiger partial charge in [0.15, 0.2) is 0 Å². The van der Waals surface area contributed by atoms with Crippen molar-refractivity contribution in [3.63, 3.8) is 0 Å². The van der Waals surface area contributed by atoms with Gasteiger partial charge in [-0.15, -0.1) is 0 Å². The molecule has 0 atom stereocenters. The molecular formula is C10H10BNO4. The quantitative estimate of drug-likeness (QED) is 0.475. The average molecular weight is 219 g/mol. The predicted octanol–water partition coefficient (Wildman–Crippen LogP) is -0.366. The molecule has 2 rings (SSSR count). The molecule has 1 aromatic carbocycles. The van der Waals surface area contributed by atoms with Crippen molar-refractivity contribution in [2.24, 2.45) is 0 Å². The lowest BCUT2D eigenvalue weighted by Gasteiger charge is -1.97. The molecule has 0 spiro atoms. The number of hydrogen-bond acceptors (Lipinski definition) is 4. The van der Waals surface area contributed by atoms with Gasteiger partial charge in [-0.2, -0.15) is 0 Å². The molecule has 3 N–H and O–H groups in total. The first-order valence-corrected chi connectivity index (χ1v) is 4.69. The fourth-order valence-corrected chi connectivity index (χ4v) is 1.53. The number of fused-ring (bicyclic) bond motifs is 1. The number of ether oxygens (including phenoxy) is 1. The molecule has 0 fully saturated rings. The van der Waals surface area contributed by atoms with Crippen molar-refractivity contribution in [2.45, 2.75) is 0 Å². The summed E-state index contributed by atoms with van der Waals surface area (Å²) in [4.78, 5) is 14.1. The second-order valence-corrected chi connectivity index (χ2v) is 3.39. The minimum atomic E-state index is -1.51. The first-order chi connectivity index (χ1) is 7.61. The van der Waals surface area contributed by atoms with Gasteiger partial charge in [-0.05, 0) is 23.0 Å². The Labute approximate surface area is 91.8 Å². The van der Waals surface area contributed by atoms with Crippen molar-refractivity contribution < 1.29 is 19.6 Å². The number of H-pyrrole nitrogens is 1. The van der Waals surface area contributed by atoms with Crippen molar-refractivity contribution in [2.75, 3.05) is 7.11 Å². The van der Waals surface area contributed by atoms with E-state index in [-0.39, 0.29) is 0 Å². The molecule has 0 aliphatic rings. The number of hydrogen-bond donors (Lipinski definition) is 3. The monoisotopic (exact) mass is 219 g/mol. The van der Waals surface area contributed by atoms with Gasteiger partial charge in [0, 0.05) is 5.52 Å². The van der Waals surface area contributed by atoms with Crippen molar-refractivity contribution in [1.29, 1.82) is 0 Å². The Morgan fingerprint density at radius 2 is 2.12 bits per heavy atom. The number of aromatic nitrogens is 1. The van der Waals surface area contributed by atoms with Crippen LogP contribution in [0.2, 0.25) is 0 Å². The number of aromatic amines is 1. The number of rotatable bonds is 2. The molecule has 0 unspecified atom stereocenters. The van der Waals surface area contributed by atoms with Crippen molar-refractivity contribution in [3.05, 3.63) is 30.0 Å². The predicted molar refractivity (Wildman–Crippen MR) is 59.5 cm³/mol. The Kier molecular flexibility index (Phi) is 2.68. The molecule has 6 heteroatoms. The summed E-state index contributed by atoms with van der Waals surface area (Å²) in [5.74, 6) is -0.456. The summed E-state index contributed by atoms with van der Waals surface area (Å²) in [5, 5.41) is 18.7. The van der Waals surface area contributed by atoms with Gasteiger partial charge in [0.2, 0.25) is 0 Å². The number of esters is 1. The van der Waals surface area contributed by atoms with Crippen molar-refractivity contribution >= 4 is 29.5 Å². The molecule has 1 heterocycles.